The molecule has 3 N–H and O–H groups in total. The van der Waals surface area contributed by atoms with Crippen LogP contribution in [0.4, 0.5) is 5.69 Å². The van der Waals surface area contributed by atoms with Crippen LogP contribution in [-0.2, 0) is 9.53 Å². The lowest BCUT2D eigenvalue weighted by Gasteiger charge is -2.11. The Balaban J connectivity index is 1.76. The zero-order valence-corrected chi connectivity index (χ0v) is 11.7. The van der Waals surface area contributed by atoms with Gasteiger partial charge in [0.15, 0.2) is 6.54 Å². The second-order valence-corrected chi connectivity index (χ2v) is 5.16. The molecule has 0 saturated carbocycles. The van der Waals surface area contributed by atoms with E-state index in [9.17, 15) is 4.79 Å². The van der Waals surface area contributed by atoms with Crippen molar-refractivity contribution in [1.82, 2.24) is 0 Å². The van der Waals surface area contributed by atoms with Gasteiger partial charge in [-0.1, -0.05) is 12.1 Å². The fraction of sp³-hybridized carbons (Fsp3) is 0.533. The van der Waals surface area contributed by atoms with E-state index in [0.717, 1.165) is 37.2 Å². The molecular formula is C15H23N2O2+. The third kappa shape index (κ3) is 4.04. The Morgan fingerprint density at radius 1 is 1.47 bits per heavy atom. The van der Waals surface area contributed by atoms with Crippen LogP contribution in [0.1, 0.15) is 24.0 Å². The molecule has 0 unspecified atom stereocenters. The summed E-state index contributed by atoms with van der Waals surface area (Å²) in [6.45, 7) is 6.27. The van der Waals surface area contributed by atoms with E-state index >= 15 is 0 Å². The van der Waals surface area contributed by atoms with Gasteiger partial charge in [-0.25, -0.2) is 0 Å². The largest absolute Gasteiger partial charge is 0.372 e. The van der Waals surface area contributed by atoms with Gasteiger partial charge < -0.3 is 15.4 Å². The molecule has 1 fully saturated rings. The van der Waals surface area contributed by atoms with E-state index in [2.05, 4.69) is 18.3 Å². The molecule has 1 aromatic rings. The molecule has 19 heavy (non-hydrogen) atoms. The van der Waals surface area contributed by atoms with Crippen molar-refractivity contribution in [3.8, 4) is 0 Å². The first-order chi connectivity index (χ1) is 9.16. The topological polar surface area (TPSA) is 54.9 Å². The van der Waals surface area contributed by atoms with Gasteiger partial charge in [-0.2, -0.15) is 0 Å². The summed E-state index contributed by atoms with van der Waals surface area (Å²) in [4.78, 5) is 11.9. The number of hydrogen-bond donors (Lipinski definition) is 2. The molecule has 0 aliphatic carbocycles. The molecule has 0 spiro atoms. The van der Waals surface area contributed by atoms with Crippen LogP contribution in [0.3, 0.4) is 0 Å². The van der Waals surface area contributed by atoms with Crippen molar-refractivity contribution in [2.75, 3.05) is 25.0 Å². The highest BCUT2D eigenvalue weighted by molar-refractivity contribution is 5.92. The van der Waals surface area contributed by atoms with Crippen LogP contribution >= 0.6 is 0 Å². The predicted octanol–water partition coefficient (Wildman–Crippen LogP) is 0.984. The third-order valence-corrected chi connectivity index (χ3v) is 3.66. The second kappa shape index (κ2) is 6.68. The van der Waals surface area contributed by atoms with Crippen LogP contribution in [0, 0.1) is 13.8 Å². The molecule has 2 rings (SSSR count). The van der Waals surface area contributed by atoms with Crippen LogP contribution in [0.2, 0.25) is 0 Å². The second-order valence-electron chi connectivity index (χ2n) is 5.16. The summed E-state index contributed by atoms with van der Waals surface area (Å²) >= 11 is 0. The number of nitrogens with one attached hydrogen (secondary N) is 1. The van der Waals surface area contributed by atoms with E-state index < -0.39 is 0 Å². The van der Waals surface area contributed by atoms with Gasteiger partial charge in [0.05, 0.1) is 0 Å². The van der Waals surface area contributed by atoms with Gasteiger partial charge >= 0.3 is 0 Å². The van der Waals surface area contributed by atoms with Crippen LogP contribution in [0.25, 0.3) is 0 Å². The minimum absolute atomic E-state index is 0.0479. The molecule has 1 amide bonds. The van der Waals surface area contributed by atoms with E-state index in [-0.39, 0.29) is 5.91 Å². The number of carbonyl (C=O) groups excluding carboxylic acids is 1. The lowest BCUT2D eigenvalue weighted by molar-refractivity contribution is -0.649. The molecule has 1 aliphatic rings. The molecule has 1 saturated heterocycles. The Hall–Kier alpha value is -1.39. The number of anilines is 1. The number of carbonyl (C=O) groups is 1. The number of hydrogen-bond acceptors (Lipinski definition) is 2. The lowest BCUT2D eigenvalue weighted by atomic mass is 10.1. The Kier molecular flexibility index (Phi) is 4.93. The number of quaternary nitrogens is 1. The van der Waals surface area contributed by atoms with Crippen molar-refractivity contribution in [3.63, 3.8) is 0 Å². The molecular weight excluding hydrogens is 240 g/mol. The van der Waals surface area contributed by atoms with E-state index in [1.807, 2.05) is 24.4 Å². The Labute approximate surface area is 114 Å². The Bertz CT molecular complexity index is 440. The van der Waals surface area contributed by atoms with Gasteiger partial charge in [0.2, 0.25) is 0 Å². The average Bonchev–Trinajstić information content (AvgIpc) is 2.88. The van der Waals surface area contributed by atoms with E-state index in [1.54, 1.807) is 0 Å². The molecule has 1 aromatic carbocycles. The van der Waals surface area contributed by atoms with E-state index in [0.29, 0.717) is 12.6 Å². The molecule has 4 heteroatoms. The first-order valence-electron chi connectivity index (χ1n) is 6.96. The molecule has 0 radical (unpaired) electrons. The van der Waals surface area contributed by atoms with Crippen molar-refractivity contribution < 1.29 is 14.8 Å². The van der Waals surface area contributed by atoms with Crippen molar-refractivity contribution in [1.29, 1.82) is 0 Å². The molecule has 1 atom stereocenters. The molecule has 1 heterocycles. The van der Waals surface area contributed by atoms with Crippen LogP contribution in [-0.4, -0.2) is 31.7 Å². The van der Waals surface area contributed by atoms with Crippen molar-refractivity contribution >= 4 is 11.6 Å². The highest BCUT2D eigenvalue weighted by atomic mass is 16.5. The van der Waals surface area contributed by atoms with Crippen LogP contribution in [0.15, 0.2) is 18.2 Å². The standard InChI is InChI=1S/C15H22N2O2/c1-11-5-3-7-14(12(11)2)17-15(18)10-16-9-13-6-4-8-19-13/h3,5,7,13,16H,4,6,8-10H2,1-2H3,(H,17,18)/p+1/t13-/m0/s1. The number of benzene rings is 1. The van der Waals surface area contributed by atoms with Crippen molar-refractivity contribution in [3.05, 3.63) is 29.3 Å². The van der Waals surface area contributed by atoms with Gasteiger partial charge in [0, 0.05) is 12.3 Å². The Morgan fingerprint density at radius 3 is 3.05 bits per heavy atom. The lowest BCUT2D eigenvalue weighted by Crippen LogP contribution is -2.88. The molecule has 0 aromatic heterocycles. The predicted molar refractivity (Wildman–Crippen MR) is 75.2 cm³/mol. The third-order valence-electron chi connectivity index (χ3n) is 3.66. The highest BCUT2D eigenvalue weighted by Gasteiger charge is 2.17. The van der Waals surface area contributed by atoms with Crippen LogP contribution in [0.5, 0.6) is 0 Å². The molecule has 104 valence electrons. The first-order valence-corrected chi connectivity index (χ1v) is 6.96. The SMILES string of the molecule is Cc1cccc(NC(=O)C[NH2+]C[C@@H]2CCCO2)c1C. The van der Waals surface area contributed by atoms with Gasteiger partial charge in [-0.15, -0.1) is 0 Å². The van der Waals surface area contributed by atoms with Gasteiger partial charge in [-0.3, -0.25) is 4.79 Å². The maximum atomic E-state index is 11.9. The summed E-state index contributed by atoms with van der Waals surface area (Å²) in [5.74, 6) is 0.0479. The van der Waals surface area contributed by atoms with Crippen molar-refractivity contribution in [2.24, 2.45) is 0 Å². The maximum absolute atomic E-state index is 11.9. The average molecular weight is 263 g/mol. The summed E-state index contributed by atoms with van der Waals surface area (Å²) in [5, 5.41) is 4.99. The zero-order valence-electron chi connectivity index (χ0n) is 11.7. The number of ether oxygens (including phenoxy) is 1. The minimum atomic E-state index is 0.0479. The van der Waals surface area contributed by atoms with Gasteiger partial charge in [0.25, 0.3) is 5.91 Å². The van der Waals surface area contributed by atoms with E-state index in [4.69, 9.17) is 4.74 Å². The fourth-order valence-electron chi connectivity index (χ4n) is 2.32. The first kappa shape index (κ1) is 14.0. The summed E-state index contributed by atoms with van der Waals surface area (Å²) in [6, 6.07) is 5.96. The number of rotatable bonds is 5. The van der Waals surface area contributed by atoms with Gasteiger partial charge in [-0.05, 0) is 43.9 Å². The number of nitrogens with two attached hydrogens (primary N) is 1. The number of aryl methyl sites for hydroxylation is 1. The molecule has 0 bridgehead atoms. The highest BCUT2D eigenvalue weighted by Crippen LogP contribution is 2.17. The van der Waals surface area contributed by atoms with E-state index in [1.165, 1.54) is 5.56 Å². The molecule has 1 aliphatic heterocycles. The normalized spacial score (nSPS) is 18.5. The monoisotopic (exact) mass is 263 g/mol. The van der Waals surface area contributed by atoms with Gasteiger partial charge in [0.1, 0.15) is 12.6 Å². The van der Waals surface area contributed by atoms with Crippen LogP contribution < -0.4 is 10.6 Å². The fourth-order valence-corrected chi connectivity index (χ4v) is 2.32. The zero-order chi connectivity index (χ0) is 13.7. The van der Waals surface area contributed by atoms with Crippen molar-refractivity contribution in [2.45, 2.75) is 32.8 Å². The minimum Gasteiger partial charge on any atom is -0.372 e. The number of amides is 1. The smallest absolute Gasteiger partial charge is 0.279 e. The summed E-state index contributed by atoms with van der Waals surface area (Å²) in [6.07, 6.45) is 2.59. The summed E-state index contributed by atoms with van der Waals surface area (Å²) < 4.78 is 5.52. The maximum Gasteiger partial charge on any atom is 0.279 e. The summed E-state index contributed by atoms with van der Waals surface area (Å²) in [5.41, 5.74) is 3.24. The Morgan fingerprint density at radius 2 is 2.32 bits per heavy atom. The quantitative estimate of drug-likeness (QED) is 0.832. The molecule has 4 nitrogen and oxygen atoms in total. The summed E-state index contributed by atoms with van der Waals surface area (Å²) in [7, 11) is 0.